The molecule has 0 unspecified atom stereocenters. The summed E-state index contributed by atoms with van der Waals surface area (Å²) in [5.41, 5.74) is 1.44. The van der Waals surface area contributed by atoms with Crippen molar-refractivity contribution < 1.29 is 4.39 Å². The second kappa shape index (κ2) is 5.43. The first-order valence-corrected chi connectivity index (χ1v) is 6.88. The van der Waals surface area contributed by atoms with Crippen LogP contribution in [0.3, 0.4) is 0 Å². The molecule has 0 spiro atoms. The minimum Gasteiger partial charge on any atom is -0.306 e. The third kappa shape index (κ3) is 3.64. The van der Waals surface area contributed by atoms with Crippen LogP contribution in [0.5, 0.6) is 0 Å². The van der Waals surface area contributed by atoms with E-state index in [1.54, 1.807) is 23.2 Å². The van der Waals surface area contributed by atoms with E-state index in [0.29, 0.717) is 12.2 Å². The van der Waals surface area contributed by atoms with E-state index in [1.165, 1.54) is 6.07 Å². The van der Waals surface area contributed by atoms with Crippen molar-refractivity contribution in [3.05, 3.63) is 46.7 Å². The van der Waals surface area contributed by atoms with Gasteiger partial charge < -0.3 is 5.32 Å². The van der Waals surface area contributed by atoms with E-state index in [9.17, 15) is 4.39 Å². The number of nitrogens with zero attached hydrogens (tertiary/aromatic N) is 2. The van der Waals surface area contributed by atoms with Crippen molar-refractivity contribution in [2.45, 2.75) is 32.9 Å². The van der Waals surface area contributed by atoms with Gasteiger partial charge in [0.05, 0.1) is 17.7 Å². The molecular formula is C14H17BrFN3. The van der Waals surface area contributed by atoms with Crippen molar-refractivity contribution in [3.8, 4) is 5.69 Å². The van der Waals surface area contributed by atoms with Gasteiger partial charge in [-0.1, -0.05) is 15.9 Å². The van der Waals surface area contributed by atoms with E-state index in [2.05, 4.69) is 47.0 Å². The SMILES string of the molecule is CC(C)(C)NCc1cncn1-c1ccc(Br)cc1F. The van der Waals surface area contributed by atoms with Gasteiger partial charge in [0.15, 0.2) is 0 Å². The van der Waals surface area contributed by atoms with Crippen molar-refractivity contribution in [2.24, 2.45) is 0 Å². The fourth-order valence-corrected chi connectivity index (χ4v) is 2.04. The van der Waals surface area contributed by atoms with Gasteiger partial charge in [0.2, 0.25) is 0 Å². The Kier molecular flexibility index (Phi) is 4.06. The number of imidazole rings is 1. The number of aromatic nitrogens is 2. The lowest BCUT2D eigenvalue weighted by molar-refractivity contribution is 0.419. The molecule has 1 heterocycles. The maximum atomic E-state index is 14.0. The van der Waals surface area contributed by atoms with Crippen molar-refractivity contribution in [1.29, 1.82) is 0 Å². The van der Waals surface area contributed by atoms with Crippen LogP contribution in [-0.2, 0) is 6.54 Å². The summed E-state index contributed by atoms with van der Waals surface area (Å²) in [7, 11) is 0. The Morgan fingerprint density at radius 1 is 1.37 bits per heavy atom. The van der Waals surface area contributed by atoms with E-state index >= 15 is 0 Å². The molecule has 102 valence electrons. The number of benzene rings is 1. The molecule has 0 fully saturated rings. The number of nitrogens with one attached hydrogen (secondary N) is 1. The Bertz CT molecular complexity index is 572. The molecule has 0 atom stereocenters. The maximum Gasteiger partial charge on any atom is 0.148 e. The highest BCUT2D eigenvalue weighted by molar-refractivity contribution is 9.10. The first kappa shape index (κ1) is 14.2. The van der Waals surface area contributed by atoms with Crippen LogP contribution in [0.4, 0.5) is 4.39 Å². The number of rotatable bonds is 3. The Hall–Kier alpha value is -1.20. The Labute approximate surface area is 121 Å². The third-order valence-corrected chi connectivity index (χ3v) is 3.18. The Morgan fingerprint density at radius 2 is 2.11 bits per heavy atom. The highest BCUT2D eigenvalue weighted by atomic mass is 79.9. The highest BCUT2D eigenvalue weighted by Gasteiger charge is 2.13. The molecule has 0 aliphatic heterocycles. The van der Waals surface area contributed by atoms with E-state index in [-0.39, 0.29) is 11.4 Å². The van der Waals surface area contributed by atoms with Crippen LogP contribution in [0.2, 0.25) is 0 Å². The quantitative estimate of drug-likeness (QED) is 0.933. The Balaban J connectivity index is 2.28. The predicted octanol–water partition coefficient (Wildman–Crippen LogP) is 3.66. The predicted molar refractivity (Wildman–Crippen MR) is 77.8 cm³/mol. The highest BCUT2D eigenvalue weighted by Crippen LogP contribution is 2.20. The molecule has 3 nitrogen and oxygen atoms in total. The lowest BCUT2D eigenvalue weighted by Crippen LogP contribution is -2.35. The van der Waals surface area contributed by atoms with Crippen LogP contribution >= 0.6 is 15.9 Å². The molecule has 0 amide bonds. The summed E-state index contributed by atoms with van der Waals surface area (Å²) < 4.78 is 16.5. The molecule has 0 aliphatic rings. The number of hydrogen-bond donors (Lipinski definition) is 1. The zero-order valence-corrected chi connectivity index (χ0v) is 12.8. The molecule has 1 aromatic carbocycles. The zero-order valence-electron chi connectivity index (χ0n) is 11.2. The third-order valence-electron chi connectivity index (χ3n) is 2.68. The summed E-state index contributed by atoms with van der Waals surface area (Å²) in [6.07, 6.45) is 3.38. The smallest absolute Gasteiger partial charge is 0.148 e. The summed E-state index contributed by atoms with van der Waals surface area (Å²) in [5, 5.41) is 3.37. The molecule has 0 bridgehead atoms. The summed E-state index contributed by atoms with van der Waals surface area (Å²) in [4.78, 5) is 4.11. The van der Waals surface area contributed by atoms with Crippen LogP contribution in [-0.4, -0.2) is 15.1 Å². The largest absolute Gasteiger partial charge is 0.306 e. The standard InChI is InChI=1S/C14H17BrFN3/c1-14(2,3)18-8-11-7-17-9-19(11)13-5-4-10(15)6-12(13)16/h4-7,9,18H,8H2,1-3H3. The molecule has 5 heteroatoms. The van der Waals surface area contributed by atoms with Crippen LogP contribution in [0.15, 0.2) is 35.2 Å². The monoisotopic (exact) mass is 325 g/mol. The van der Waals surface area contributed by atoms with Crippen LogP contribution in [0.25, 0.3) is 5.69 Å². The molecule has 0 aliphatic carbocycles. The molecule has 0 radical (unpaired) electrons. The Morgan fingerprint density at radius 3 is 2.74 bits per heavy atom. The van der Waals surface area contributed by atoms with Crippen molar-refractivity contribution in [2.75, 3.05) is 0 Å². The lowest BCUT2D eigenvalue weighted by Gasteiger charge is -2.21. The molecule has 2 rings (SSSR count). The lowest BCUT2D eigenvalue weighted by atomic mass is 10.1. The number of hydrogen-bond acceptors (Lipinski definition) is 2. The summed E-state index contributed by atoms with van der Waals surface area (Å²) in [6.45, 7) is 6.91. The van der Waals surface area contributed by atoms with E-state index < -0.39 is 0 Å². The molecule has 0 saturated heterocycles. The average molecular weight is 326 g/mol. The second-order valence-electron chi connectivity index (χ2n) is 5.45. The second-order valence-corrected chi connectivity index (χ2v) is 6.37. The average Bonchev–Trinajstić information content (AvgIpc) is 2.73. The first-order valence-electron chi connectivity index (χ1n) is 6.08. The van der Waals surface area contributed by atoms with Gasteiger partial charge in [-0.15, -0.1) is 0 Å². The minimum absolute atomic E-state index is 0.00730. The van der Waals surface area contributed by atoms with Crippen LogP contribution in [0.1, 0.15) is 26.5 Å². The number of halogens is 2. The topological polar surface area (TPSA) is 29.9 Å². The normalized spacial score (nSPS) is 11.8. The van der Waals surface area contributed by atoms with Gasteiger partial charge in [0.25, 0.3) is 0 Å². The summed E-state index contributed by atoms with van der Waals surface area (Å²) in [5.74, 6) is -0.274. The van der Waals surface area contributed by atoms with Gasteiger partial charge in [-0.25, -0.2) is 9.37 Å². The molecule has 1 N–H and O–H groups in total. The van der Waals surface area contributed by atoms with Gasteiger partial charge in [-0.3, -0.25) is 4.57 Å². The van der Waals surface area contributed by atoms with Crippen molar-refractivity contribution >= 4 is 15.9 Å². The minimum atomic E-state index is -0.274. The molecule has 19 heavy (non-hydrogen) atoms. The first-order chi connectivity index (χ1) is 8.87. The van der Waals surface area contributed by atoms with E-state index in [0.717, 1.165) is 10.2 Å². The maximum absolute atomic E-state index is 14.0. The van der Waals surface area contributed by atoms with Crippen molar-refractivity contribution in [3.63, 3.8) is 0 Å². The van der Waals surface area contributed by atoms with E-state index in [4.69, 9.17) is 0 Å². The molecule has 0 saturated carbocycles. The fraction of sp³-hybridized carbons (Fsp3) is 0.357. The van der Waals surface area contributed by atoms with Gasteiger partial charge in [0.1, 0.15) is 5.82 Å². The van der Waals surface area contributed by atoms with Gasteiger partial charge in [-0.05, 0) is 39.0 Å². The molecule has 2 aromatic rings. The summed E-state index contributed by atoms with van der Waals surface area (Å²) >= 11 is 3.26. The van der Waals surface area contributed by atoms with Crippen LogP contribution < -0.4 is 5.32 Å². The van der Waals surface area contributed by atoms with Crippen molar-refractivity contribution in [1.82, 2.24) is 14.9 Å². The van der Waals surface area contributed by atoms with Crippen LogP contribution in [0, 0.1) is 5.82 Å². The fourth-order valence-electron chi connectivity index (χ4n) is 1.70. The van der Waals surface area contributed by atoms with Gasteiger partial charge >= 0.3 is 0 Å². The molecule has 1 aromatic heterocycles. The van der Waals surface area contributed by atoms with Gasteiger partial charge in [-0.2, -0.15) is 0 Å². The van der Waals surface area contributed by atoms with E-state index in [1.807, 2.05) is 6.07 Å². The zero-order chi connectivity index (χ0) is 14.0. The molecular weight excluding hydrogens is 309 g/mol. The summed E-state index contributed by atoms with van der Waals surface area (Å²) in [6, 6.07) is 5.01. The van der Waals surface area contributed by atoms with Gasteiger partial charge in [0, 0.05) is 22.8 Å².